The van der Waals surface area contributed by atoms with E-state index in [1.807, 2.05) is 0 Å². The number of nitrogens with zero attached hydrogens (tertiary/aromatic N) is 3. The molecule has 13 heteroatoms. The van der Waals surface area contributed by atoms with E-state index in [1.165, 1.54) is 13.1 Å². The zero-order valence-electron chi connectivity index (χ0n) is 15.8. The SMILES string of the molecule is C[C@@H](N(C)S(=O)(=O)c1cn(C)c(C(=O)Nc2ccc(F)c(C#N)c2)c1Cl)C(F)(F)F. The third-order valence-corrected chi connectivity index (χ3v) is 6.76. The molecule has 0 aliphatic carbocycles. The van der Waals surface area contributed by atoms with Crippen molar-refractivity contribution in [3.8, 4) is 6.07 Å². The van der Waals surface area contributed by atoms with Gasteiger partial charge in [0.25, 0.3) is 5.91 Å². The van der Waals surface area contributed by atoms with Crippen molar-refractivity contribution in [2.45, 2.75) is 24.0 Å². The van der Waals surface area contributed by atoms with Gasteiger partial charge < -0.3 is 9.88 Å². The van der Waals surface area contributed by atoms with Crippen LogP contribution >= 0.6 is 11.6 Å². The van der Waals surface area contributed by atoms with Crippen LogP contribution < -0.4 is 5.32 Å². The molecular formula is C17H15ClF4N4O3S. The van der Waals surface area contributed by atoms with E-state index in [-0.39, 0.29) is 21.2 Å². The van der Waals surface area contributed by atoms with Gasteiger partial charge in [0, 0.05) is 26.0 Å². The van der Waals surface area contributed by atoms with Crippen LogP contribution in [0.15, 0.2) is 29.3 Å². The van der Waals surface area contributed by atoms with E-state index in [9.17, 15) is 30.8 Å². The number of halogens is 5. The highest BCUT2D eigenvalue weighted by Gasteiger charge is 2.44. The molecule has 1 amide bonds. The molecule has 0 saturated heterocycles. The normalized spacial score (nSPS) is 13.2. The van der Waals surface area contributed by atoms with Gasteiger partial charge in [0.05, 0.1) is 10.6 Å². The summed E-state index contributed by atoms with van der Waals surface area (Å²) in [6, 6.07) is 2.44. The Morgan fingerprint density at radius 1 is 1.37 bits per heavy atom. The largest absolute Gasteiger partial charge is 0.404 e. The number of carbonyl (C=O) groups is 1. The van der Waals surface area contributed by atoms with Crippen molar-refractivity contribution in [2.75, 3.05) is 12.4 Å². The van der Waals surface area contributed by atoms with E-state index in [4.69, 9.17) is 16.9 Å². The second-order valence-corrected chi connectivity index (χ2v) is 8.61. The van der Waals surface area contributed by atoms with Gasteiger partial charge in [0.1, 0.15) is 28.5 Å². The molecule has 0 fully saturated rings. The van der Waals surface area contributed by atoms with Crippen LogP contribution in [-0.2, 0) is 17.1 Å². The van der Waals surface area contributed by atoms with Crippen LogP contribution in [0.3, 0.4) is 0 Å². The summed E-state index contributed by atoms with van der Waals surface area (Å²) in [5.41, 5.74) is -0.662. The summed E-state index contributed by atoms with van der Waals surface area (Å²) in [4.78, 5) is 11.9. The quantitative estimate of drug-likeness (QED) is 0.682. The first-order chi connectivity index (χ1) is 13.7. The molecule has 1 heterocycles. The molecule has 1 aromatic carbocycles. The molecule has 1 atom stereocenters. The van der Waals surface area contributed by atoms with Gasteiger partial charge in [-0.2, -0.15) is 22.7 Å². The van der Waals surface area contributed by atoms with Crippen molar-refractivity contribution < 1.29 is 30.8 Å². The number of aryl methyl sites for hydroxylation is 1. The van der Waals surface area contributed by atoms with Crippen molar-refractivity contribution in [3.63, 3.8) is 0 Å². The summed E-state index contributed by atoms with van der Waals surface area (Å²) in [7, 11) is -2.66. The molecule has 1 aromatic heterocycles. The number of amides is 1. The Morgan fingerprint density at radius 2 is 1.97 bits per heavy atom. The summed E-state index contributed by atoms with van der Waals surface area (Å²) < 4.78 is 78.6. The van der Waals surface area contributed by atoms with Gasteiger partial charge in [-0.3, -0.25) is 4.79 Å². The fourth-order valence-electron chi connectivity index (χ4n) is 2.46. The van der Waals surface area contributed by atoms with E-state index in [0.717, 1.165) is 29.9 Å². The maximum absolute atomic E-state index is 13.4. The number of rotatable bonds is 5. The lowest BCUT2D eigenvalue weighted by Gasteiger charge is -2.25. The molecule has 30 heavy (non-hydrogen) atoms. The Kier molecular flexibility index (Phi) is 6.51. The summed E-state index contributed by atoms with van der Waals surface area (Å²) in [5, 5.41) is 10.6. The molecular weight excluding hydrogens is 452 g/mol. The molecule has 0 spiro atoms. The molecule has 0 saturated carbocycles. The number of carbonyl (C=O) groups excluding carboxylic acids is 1. The van der Waals surface area contributed by atoms with Gasteiger partial charge in [-0.1, -0.05) is 11.6 Å². The molecule has 0 unspecified atom stereocenters. The Labute approximate surface area is 174 Å². The van der Waals surface area contributed by atoms with E-state index in [2.05, 4.69) is 5.32 Å². The molecule has 0 aliphatic rings. The van der Waals surface area contributed by atoms with Crippen LogP contribution in [0.25, 0.3) is 0 Å². The highest BCUT2D eigenvalue weighted by molar-refractivity contribution is 7.89. The number of aromatic nitrogens is 1. The summed E-state index contributed by atoms with van der Waals surface area (Å²) in [6.45, 7) is 0.670. The monoisotopic (exact) mass is 466 g/mol. The Morgan fingerprint density at radius 3 is 2.50 bits per heavy atom. The Balaban J connectivity index is 2.42. The second kappa shape index (κ2) is 8.25. The minimum Gasteiger partial charge on any atom is -0.344 e. The van der Waals surface area contributed by atoms with E-state index in [1.54, 1.807) is 6.07 Å². The van der Waals surface area contributed by atoms with Crippen LogP contribution in [0.1, 0.15) is 23.0 Å². The number of nitriles is 1. The van der Waals surface area contributed by atoms with Crippen molar-refractivity contribution in [2.24, 2.45) is 7.05 Å². The predicted octanol–water partition coefficient (Wildman–Crippen LogP) is 3.51. The first kappa shape index (κ1) is 23.7. The van der Waals surface area contributed by atoms with Crippen molar-refractivity contribution in [1.29, 1.82) is 5.26 Å². The Hall–Kier alpha value is -2.62. The average molecular weight is 467 g/mol. The first-order valence-corrected chi connectivity index (χ1v) is 9.94. The van der Waals surface area contributed by atoms with Crippen LogP contribution in [0.5, 0.6) is 0 Å². The van der Waals surface area contributed by atoms with E-state index >= 15 is 0 Å². The molecule has 2 aromatic rings. The Bertz CT molecular complexity index is 1140. The fourth-order valence-corrected chi connectivity index (χ4v) is 4.48. The molecule has 0 radical (unpaired) electrons. The van der Waals surface area contributed by atoms with Gasteiger partial charge in [-0.25, -0.2) is 12.8 Å². The topological polar surface area (TPSA) is 95.2 Å². The van der Waals surface area contributed by atoms with Gasteiger partial charge in [0.15, 0.2) is 0 Å². The summed E-state index contributed by atoms with van der Waals surface area (Å²) >= 11 is 6.04. The minimum absolute atomic E-state index is 0.0300. The van der Waals surface area contributed by atoms with E-state index in [0.29, 0.717) is 6.92 Å². The standard InChI is InChI=1S/C17H15ClF4N4O3S/c1-9(17(20,21)22)26(3)30(28,29)13-8-25(2)15(14(13)18)16(27)24-11-4-5-12(19)10(6-11)7-23/h4-6,8-9H,1-3H3,(H,24,27)/t9-/m1/s1. The summed E-state index contributed by atoms with van der Waals surface area (Å²) in [6.07, 6.45) is -3.90. The summed E-state index contributed by atoms with van der Waals surface area (Å²) in [5.74, 6) is -1.71. The third kappa shape index (κ3) is 4.43. The van der Waals surface area contributed by atoms with Crippen molar-refractivity contribution in [3.05, 3.63) is 46.5 Å². The molecule has 1 N–H and O–H groups in total. The lowest BCUT2D eigenvalue weighted by molar-refractivity contribution is -0.164. The zero-order valence-corrected chi connectivity index (χ0v) is 17.3. The van der Waals surface area contributed by atoms with Crippen molar-refractivity contribution >= 4 is 33.2 Å². The van der Waals surface area contributed by atoms with E-state index < -0.39 is 43.9 Å². The molecule has 162 valence electrons. The number of anilines is 1. The van der Waals surface area contributed by atoms with Gasteiger partial charge in [-0.15, -0.1) is 0 Å². The smallest absolute Gasteiger partial charge is 0.344 e. The average Bonchev–Trinajstić information content (AvgIpc) is 2.96. The molecule has 2 rings (SSSR count). The van der Waals surface area contributed by atoms with Crippen LogP contribution in [0, 0.1) is 17.1 Å². The van der Waals surface area contributed by atoms with Gasteiger partial charge in [0.2, 0.25) is 10.0 Å². The number of benzene rings is 1. The maximum atomic E-state index is 13.4. The molecule has 7 nitrogen and oxygen atoms in total. The fraction of sp³-hybridized carbons (Fsp3) is 0.294. The second-order valence-electron chi connectivity index (χ2n) is 6.27. The molecule has 0 bridgehead atoms. The van der Waals surface area contributed by atoms with Gasteiger partial charge >= 0.3 is 6.18 Å². The number of hydrogen-bond acceptors (Lipinski definition) is 4. The zero-order chi connectivity index (χ0) is 23.0. The molecule has 0 aliphatic heterocycles. The third-order valence-electron chi connectivity index (χ3n) is 4.32. The minimum atomic E-state index is -4.82. The van der Waals surface area contributed by atoms with Gasteiger partial charge in [-0.05, 0) is 25.1 Å². The van der Waals surface area contributed by atoms with Crippen molar-refractivity contribution in [1.82, 2.24) is 8.87 Å². The first-order valence-electron chi connectivity index (χ1n) is 8.12. The number of nitrogens with one attached hydrogen (secondary N) is 1. The predicted molar refractivity (Wildman–Crippen MR) is 100.0 cm³/mol. The maximum Gasteiger partial charge on any atom is 0.404 e. The number of alkyl halides is 3. The van der Waals surface area contributed by atoms with Crippen LogP contribution in [0.4, 0.5) is 23.2 Å². The lowest BCUT2D eigenvalue weighted by Crippen LogP contribution is -2.44. The van der Waals surface area contributed by atoms with Crippen LogP contribution in [0.2, 0.25) is 5.02 Å². The highest BCUT2D eigenvalue weighted by atomic mass is 35.5. The van der Waals surface area contributed by atoms with Crippen LogP contribution in [-0.4, -0.2) is 42.5 Å². The highest BCUT2D eigenvalue weighted by Crippen LogP contribution is 2.33. The lowest BCUT2D eigenvalue weighted by atomic mass is 10.2. The number of sulfonamides is 1. The number of hydrogen-bond donors (Lipinski definition) is 1.